The highest BCUT2D eigenvalue weighted by Gasteiger charge is 2.15. The summed E-state index contributed by atoms with van der Waals surface area (Å²) in [5, 5.41) is 0. The lowest BCUT2D eigenvalue weighted by Crippen LogP contribution is -2.30. The van der Waals surface area contributed by atoms with Crippen LogP contribution in [0.25, 0.3) is 0 Å². The zero-order valence-electron chi connectivity index (χ0n) is 17.7. The van der Waals surface area contributed by atoms with Gasteiger partial charge in [-0.3, -0.25) is 0 Å². The van der Waals surface area contributed by atoms with Crippen LogP contribution >= 0.6 is 0 Å². The molecule has 0 aliphatic carbocycles. The van der Waals surface area contributed by atoms with E-state index in [9.17, 15) is 0 Å². The van der Waals surface area contributed by atoms with E-state index < -0.39 is 6.48 Å². The lowest BCUT2D eigenvalue weighted by molar-refractivity contribution is -0.140. The van der Waals surface area contributed by atoms with Gasteiger partial charge in [0.15, 0.2) is 0 Å². The number of para-hydroxylation sites is 2. The van der Waals surface area contributed by atoms with Gasteiger partial charge in [-0.15, -0.1) is 0 Å². The summed E-state index contributed by atoms with van der Waals surface area (Å²) in [7, 11) is 0. The number of benzene rings is 4. The van der Waals surface area contributed by atoms with Crippen LogP contribution < -0.4 is 23.7 Å². The average molecular weight is 428 g/mol. The van der Waals surface area contributed by atoms with Gasteiger partial charge in [-0.2, -0.15) is 0 Å². The summed E-state index contributed by atoms with van der Waals surface area (Å²) in [6, 6.07) is 33.8. The zero-order valence-corrected chi connectivity index (χ0v) is 17.7. The van der Waals surface area contributed by atoms with Gasteiger partial charge >= 0.3 is 6.48 Å². The van der Waals surface area contributed by atoms with Gasteiger partial charge in [-0.25, -0.2) is 0 Å². The third-order valence-corrected chi connectivity index (χ3v) is 4.48. The largest absolute Gasteiger partial charge is 0.458 e. The van der Waals surface area contributed by atoms with E-state index in [1.807, 2.05) is 91.9 Å². The van der Waals surface area contributed by atoms with Crippen LogP contribution in [0.2, 0.25) is 0 Å². The van der Waals surface area contributed by atoms with Crippen molar-refractivity contribution in [1.82, 2.24) is 0 Å². The minimum atomic E-state index is -0.965. The van der Waals surface area contributed by atoms with Gasteiger partial charge in [0.05, 0.1) is 0 Å². The molecule has 4 rings (SSSR count). The summed E-state index contributed by atoms with van der Waals surface area (Å²) in [6.07, 6.45) is 0. The average Bonchev–Trinajstić information content (AvgIpc) is 2.83. The van der Waals surface area contributed by atoms with Crippen molar-refractivity contribution in [1.29, 1.82) is 0 Å². The second kappa shape index (κ2) is 10.8. The van der Waals surface area contributed by atoms with E-state index in [2.05, 4.69) is 0 Å². The Balaban J connectivity index is 1.37. The van der Waals surface area contributed by atoms with E-state index in [4.69, 9.17) is 23.7 Å². The molecule has 5 heteroatoms. The van der Waals surface area contributed by atoms with E-state index in [-0.39, 0.29) is 6.79 Å². The van der Waals surface area contributed by atoms with E-state index in [0.29, 0.717) is 23.0 Å². The molecule has 162 valence electrons. The lowest BCUT2D eigenvalue weighted by Gasteiger charge is -2.21. The van der Waals surface area contributed by atoms with Gasteiger partial charge in [0, 0.05) is 0 Å². The third-order valence-electron chi connectivity index (χ3n) is 4.48. The molecule has 0 saturated carbocycles. The van der Waals surface area contributed by atoms with Crippen LogP contribution in [0.5, 0.6) is 28.7 Å². The molecule has 1 atom stereocenters. The molecule has 0 spiro atoms. The summed E-state index contributed by atoms with van der Waals surface area (Å²) < 4.78 is 29.0. The normalized spacial score (nSPS) is 11.3. The monoisotopic (exact) mass is 428 g/mol. The first kappa shape index (κ1) is 21.1. The number of hydrogen-bond acceptors (Lipinski definition) is 5. The second-order valence-electron chi connectivity index (χ2n) is 6.96. The first-order valence-electron chi connectivity index (χ1n) is 10.3. The highest BCUT2D eigenvalue weighted by Crippen LogP contribution is 2.22. The fourth-order valence-corrected chi connectivity index (χ4v) is 2.82. The van der Waals surface area contributed by atoms with Gasteiger partial charge < -0.3 is 23.7 Å². The van der Waals surface area contributed by atoms with E-state index in [1.165, 1.54) is 0 Å². The molecule has 0 amide bonds. The highest BCUT2D eigenvalue weighted by molar-refractivity contribution is 5.32. The Bertz CT molecular complexity index is 1060. The Hall–Kier alpha value is -4.12. The number of hydrogen-bond donors (Lipinski definition) is 0. The predicted octanol–water partition coefficient (Wildman–Crippen LogP) is 6.23. The van der Waals surface area contributed by atoms with Gasteiger partial charge in [-0.1, -0.05) is 54.1 Å². The maximum absolute atomic E-state index is 5.95. The van der Waals surface area contributed by atoms with Gasteiger partial charge in [0.25, 0.3) is 0 Å². The van der Waals surface area contributed by atoms with Gasteiger partial charge in [0.2, 0.25) is 6.79 Å². The maximum atomic E-state index is 5.95. The molecule has 0 aromatic heterocycles. The highest BCUT2D eigenvalue weighted by atomic mass is 16.8. The molecule has 0 radical (unpaired) electrons. The van der Waals surface area contributed by atoms with Crippen molar-refractivity contribution in [3.63, 3.8) is 0 Å². The zero-order chi connectivity index (χ0) is 22.0. The lowest BCUT2D eigenvalue weighted by atomic mass is 10.2. The van der Waals surface area contributed by atoms with E-state index in [0.717, 1.165) is 11.3 Å². The van der Waals surface area contributed by atoms with Crippen LogP contribution in [-0.2, 0) is 0 Å². The number of rotatable bonds is 10. The van der Waals surface area contributed by atoms with Crippen LogP contribution in [0.4, 0.5) is 0 Å². The SMILES string of the molecule is Cc1ccc(OC(Oc2ccccc2)Oc2ccc(OCOc3ccccc3)cc2)cc1. The first-order valence-corrected chi connectivity index (χ1v) is 10.3. The predicted molar refractivity (Wildman–Crippen MR) is 122 cm³/mol. The topological polar surface area (TPSA) is 46.2 Å². The molecule has 0 saturated heterocycles. The molecular weight excluding hydrogens is 404 g/mol. The first-order chi connectivity index (χ1) is 15.7. The van der Waals surface area contributed by atoms with Crippen LogP contribution in [-0.4, -0.2) is 13.3 Å². The summed E-state index contributed by atoms with van der Waals surface area (Å²) >= 11 is 0. The van der Waals surface area contributed by atoms with Crippen molar-refractivity contribution in [2.45, 2.75) is 13.4 Å². The maximum Gasteiger partial charge on any atom is 0.406 e. The molecule has 4 aromatic rings. The summed E-state index contributed by atoms with van der Waals surface area (Å²) in [5.41, 5.74) is 1.14. The van der Waals surface area contributed by atoms with Crippen molar-refractivity contribution in [2.75, 3.05) is 6.79 Å². The molecule has 1 unspecified atom stereocenters. The summed E-state index contributed by atoms with van der Waals surface area (Å²) in [5.74, 6) is 3.28. The standard InChI is InChI=1S/C27H24O5/c1-21-12-14-25(15-13-21)31-27(30-24-10-6-3-7-11-24)32-26-18-16-23(17-19-26)29-20-28-22-8-4-2-5-9-22/h2-19,27H,20H2,1H3. The van der Waals surface area contributed by atoms with Crippen LogP contribution in [0.15, 0.2) is 109 Å². The molecule has 32 heavy (non-hydrogen) atoms. The second-order valence-corrected chi connectivity index (χ2v) is 6.96. The molecule has 0 fully saturated rings. The molecule has 5 nitrogen and oxygen atoms in total. The minimum Gasteiger partial charge on any atom is -0.458 e. The number of ether oxygens (including phenoxy) is 5. The van der Waals surface area contributed by atoms with Crippen molar-refractivity contribution in [3.05, 3.63) is 115 Å². The quantitative estimate of drug-likeness (QED) is 0.280. The summed E-state index contributed by atoms with van der Waals surface area (Å²) in [4.78, 5) is 0. The number of aryl methyl sites for hydroxylation is 1. The Morgan fingerprint density at radius 1 is 0.469 bits per heavy atom. The van der Waals surface area contributed by atoms with E-state index >= 15 is 0 Å². The van der Waals surface area contributed by atoms with Crippen LogP contribution in [0.3, 0.4) is 0 Å². The summed E-state index contributed by atoms with van der Waals surface area (Å²) in [6.45, 7) is 1.17. The van der Waals surface area contributed by atoms with Crippen LogP contribution in [0, 0.1) is 6.92 Å². The Kier molecular flexibility index (Phi) is 7.11. The molecule has 0 aliphatic rings. The molecule has 0 aliphatic heterocycles. The van der Waals surface area contributed by atoms with Crippen molar-refractivity contribution < 1.29 is 23.7 Å². The smallest absolute Gasteiger partial charge is 0.406 e. The molecular formula is C27H24O5. The van der Waals surface area contributed by atoms with Crippen molar-refractivity contribution in [2.24, 2.45) is 0 Å². The Labute approximate surface area is 187 Å². The van der Waals surface area contributed by atoms with Crippen molar-refractivity contribution in [3.8, 4) is 28.7 Å². The van der Waals surface area contributed by atoms with Gasteiger partial charge in [0.1, 0.15) is 28.7 Å². The third kappa shape index (κ3) is 6.44. The molecule has 0 heterocycles. The van der Waals surface area contributed by atoms with Crippen LogP contribution in [0.1, 0.15) is 5.56 Å². The molecule has 0 bridgehead atoms. The Morgan fingerprint density at radius 3 is 1.38 bits per heavy atom. The fraction of sp³-hybridized carbons (Fsp3) is 0.111. The Morgan fingerprint density at radius 2 is 0.844 bits per heavy atom. The fourth-order valence-electron chi connectivity index (χ4n) is 2.82. The minimum absolute atomic E-state index is 0.112. The molecule has 0 N–H and O–H groups in total. The van der Waals surface area contributed by atoms with Gasteiger partial charge in [-0.05, 0) is 67.6 Å². The van der Waals surface area contributed by atoms with E-state index in [1.54, 1.807) is 24.3 Å². The molecule has 4 aromatic carbocycles. The van der Waals surface area contributed by atoms with Crippen molar-refractivity contribution >= 4 is 0 Å².